The van der Waals surface area contributed by atoms with Gasteiger partial charge in [0.2, 0.25) is 0 Å². The Morgan fingerprint density at radius 1 is 1.09 bits per heavy atom. The van der Waals surface area contributed by atoms with Crippen molar-refractivity contribution >= 4 is 68.8 Å². The number of halogens is 2. The van der Waals surface area contributed by atoms with Gasteiger partial charge in [-0.1, -0.05) is 41.4 Å². The number of nitrogens with one attached hydrogen (secondary N) is 1. The second-order valence-corrected chi connectivity index (χ2v) is 10.2. The molecule has 1 aliphatic heterocycles. The third-order valence-electron chi connectivity index (χ3n) is 4.84. The van der Waals surface area contributed by atoms with E-state index < -0.39 is 0 Å². The fraction of sp³-hybridized carbons (Fsp3) is 0.154. The molecule has 0 bridgehead atoms. The predicted octanol–water partition coefficient (Wildman–Crippen LogP) is 7.12. The van der Waals surface area contributed by atoms with E-state index >= 15 is 0 Å². The van der Waals surface area contributed by atoms with E-state index in [1.807, 2.05) is 68.4 Å². The van der Waals surface area contributed by atoms with E-state index in [1.165, 1.54) is 11.8 Å². The maximum absolute atomic E-state index is 12.5. The van der Waals surface area contributed by atoms with Crippen molar-refractivity contribution in [3.63, 3.8) is 0 Å². The molecule has 1 amide bonds. The first-order chi connectivity index (χ1) is 16.4. The number of carbonyl (C=O) groups excluding carboxylic acids is 1. The summed E-state index contributed by atoms with van der Waals surface area (Å²) in [6.07, 6.45) is 1.77. The molecule has 0 spiro atoms. The first-order valence-electron chi connectivity index (χ1n) is 10.6. The van der Waals surface area contributed by atoms with Crippen LogP contribution in [0, 0.1) is 10.5 Å². The van der Waals surface area contributed by atoms with Gasteiger partial charge in [-0.15, -0.1) is 0 Å². The molecule has 8 heteroatoms. The Balaban J connectivity index is 1.54. The molecule has 3 aromatic carbocycles. The number of ether oxygens (including phenoxy) is 2. The van der Waals surface area contributed by atoms with E-state index in [4.69, 9.17) is 21.1 Å². The van der Waals surface area contributed by atoms with E-state index in [9.17, 15) is 4.79 Å². The Morgan fingerprint density at radius 2 is 1.82 bits per heavy atom. The van der Waals surface area contributed by atoms with Crippen molar-refractivity contribution in [3.05, 3.63) is 90.9 Å². The molecule has 0 aliphatic carbocycles. The molecule has 1 saturated heterocycles. The number of aliphatic imine (C=N–C) groups is 1. The number of carbonyl (C=O) groups is 1. The smallest absolute Gasteiger partial charge is 0.264 e. The molecule has 4 rings (SSSR count). The van der Waals surface area contributed by atoms with E-state index in [0.29, 0.717) is 39.8 Å². The Bertz CT molecular complexity index is 1260. The molecule has 0 unspecified atom stereocenters. The molecule has 0 saturated carbocycles. The highest BCUT2D eigenvalue weighted by Crippen LogP contribution is 2.39. The number of rotatable bonds is 7. The summed E-state index contributed by atoms with van der Waals surface area (Å²) in [5, 5.41) is 3.76. The van der Waals surface area contributed by atoms with Crippen LogP contribution in [-0.2, 0) is 11.4 Å². The quantitative estimate of drug-likeness (QED) is 0.230. The van der Waals surface area contributed by atoms with Crippen LogP contribution in [0.4, 0.5) is 5.69 Å². The van der Waals surface area contributed by atoms with Crippen LogP contribution in [0.2, 0.25) is 5.02 Å². The monoisotopic (exact) mass is 604 g/mol. The molecule has 34 heavy (non-hydrogen) atoms. The third kappa shape index (κ3) is 6.34. The van der Waals surface area contributed by atoms with Crippen LogP contribution >= 0.6 is 46.0 Å². The van der Waals surface area contributed by atoms with Crippen LogP contribution < -0.4 is 14.8 Å². The van der Waals surface area contributed by atoms with Gasteiger partial charge in [-0.2, -0.15) is 0 Å². The highest BCUT2D eigenvalue weighted by Gasteiger charge is 2.24. The van der Waals surface area contributed by atoms with Crippen LogP contribution in [0.15, 0.2) is 70.6 Å². The summed E-state index contributed by atoms with van der Waals surface area (Å²) in [5.74, 6) is 0.808. The fourth-order valence-corrected chi connectivity index (χ4v) is 4.65. The van der Waals surface area contributed by atoms with Gasteiger partial charge in [-0.3, -0.25) is 4.79 Å². The lowest BCUT2D eigenvalue weighted by atomic mass is 10.1. The molecule has 0 radical (unpaired) electrons. The van der Waals surface area contributed by atoms with E-state index in [2.05, 4.69) is 32.9 Å². The zero-order chi connectivity index (χ0) is 24.1. The summed E-state index contributed by atoms with van der Waals surface area (Å²) in [6.45, 7) is 4.74. The molecule has 174 valence electrons. The van der Waals surface area contributed by atoms with Crippen molar-refractivity contribution in [2.75, 3.05) is 6.61 Å². The number of thioether (sulfide) groups is 1. The first kappa shape index (κ1) is 24.6. The Morgan fingerprint density at radius 3 is 2.53 bits per heavy atom. The van der Waals surface area contributed by atoms with Crippen molar-refractivity contribution in [1.82, 2.24) is 5.32 Å². The number of amidine groups is 1. The van der Waals surface area contributed by atoms with Gasteiger partial charge in [0.05, 0.1) is 22.2 Å². The highest BCUT2D eigenvalue weighted by atomic mass is 127. The van der Waals surface area contributed by atoms with Gasteiger partial charge in [0.1, 0.15) is 6.61 Å². The van der Waals surface area contributed by atoms with Crippen molar-refractivity contribution in [3.8, 4) is 11.5 Å². The number of nitrogens with zero attached hydrogens (tertiary/aromatic N) is 1. The molecule has 1 heterocycles. The SMILES string of the molecule is CCOc1cc(/C=C2/SC(=Nc3ccc(C)cc3)NC2=O)cc(Cl)c1OCc1ccc(I)cc1. The summed E-state index contributed by atoms with van der Waals surface area (Å²) in [4.78, 5) is 17.5. The summed E-state index contributed by atoms with van der Waals surface area (Å²) in [6, 6.07) is 19.5. The number of benzene rings is 3. The Kier molecular flexibility index (Phi) is 8.18. The van der Waals surface area contributed by atoms with Crippen molar-refractivity contribution in [2.24, 2.45) is 4.99 Å². The Labute approximate surface area is 221 Å². The van der Waals surface area contributed by atoms with Crippen LogP contribution in [-0.4, -0.2) is 17.7 Å². The molecule has 1 fully saturated rings. The van der Waals surface area contributed by atoms with Gasteiger partial charge in [0, 0.05) is 3.57 Å². The zero-order valence-electron chi connectivity index (χ0n) is 18.6. The molecule has 3 aromatic rings. The average molecular weight is 605 g/mol. The van der Waals surface area contributed by atoms with Gasteiger partial charge in [-0.25, -0.2) is 4.99 Å². The number of hydrogen-bond acceptors (Lipinski definition) is 5. The van der Waals surface area contributed by atoms with Gasteiger partial charge in [0.25, 0.3) is 5.91 Å². The van der Waals surface area contributed by atoms with Crippen LogP contribution in [0.3, 0.4) is 0 Å². The summed E-state index contributed by atoms with van der Waals surface area (Å²) in [5.41, 5.74) is 3.71. The van der Waals surface area contributed by atoms with E-state index in [-0.39, 0.29) is 5.91 Å². The molecule has 1 N–H and O–H groups in total. The lowest BCUT2D eigenvalue weighted by Gasteiger charge is -2.15. The normalized spacial score (nSPS) is 15.6. The van der Waals surface area contributed by atoms with Crippen LogP contribution in [0.1, 0.15) is 23.6 Å². The summed E-state index contributed by atoms with van der Waals surface area (Å²) < 4.78 is 13.0. The molecular weight excluding hydrogens is 583 g/mol. The first-order valence-corrected chi connectivity index (χ1v) is 12.9. The Hall–Kier alpha value is -2.49. The summed E-state index contributed by atoms with van der Waals surface area (Å²) >= 11 is 10.1. The molecule has 1 aliphatic rings. The molecule has 5 nitrogen and oxygen atoms in total. The van der Waals surface area contributed by atoms with Crippen molar-refractivity contribution in [2.45, 2.75) is 20.5 Å². The second kappa shape index (κ2) is 11.3. The van der Waals surface area contributed by atoms with Gasteiger partial charge in [-0.05, 0) is 102 Å². The lowest BCUT2D eigenvalue weighted by molar-refractivity contribution is -0.115. The third-order valence-corrected chi connectivity index (χ3v) is 6.75. The summed E-state index contributed by atoms with van der Waals surface area (Å²) in [7, 11) is 0. The van der Waals surface area contributed by atoms with Gasteiger partial charge >= 0.3 is 0 Å². The number of aryl methyl sites for hydroxylation is 1. The number of amides is 1. The van der Waals surface area contributed by atoms with E-state index in [1.54, 1.807) is 12.1 Å². The maximum atomic E-state index is 12.5. The standard InChI is InChI=1S/C26H22ClIN2O3S/c1-3-32-22-13-18(12-21(27)24(22)33-15-17-6-8-19(28)9-7-17)14-23-25(31)30-26(34-23)29-20-10-4-16(2)5-11-20/h4-14H,3,15H2,1-2H3,(H,29,30,31)/b23-14+. The predicted molar refractivity (Wildman–Crippen MR) is 148 cm³/mol. The zero-order valence-corrected chi connectivity index (χ0v) is 22.3. The van der Waals surface area contributed by atoms with Crippen molar-refractivity contribution < 1.29 is 14.3 Å². The van der Waals surface area contributed by atoms with Crippen LogP contribution in [0.25, 0.3) is 6.08 Å². The van der Waals surface area contributed by atoms with Crippen LogP contribution in [0.5, 0.6) is 11.5 Å². The van der Waals surface area contributed by atoms with Gasteiger partial charge < -0.3 is 14.8 Å². The maximum Gasteiger partial charge on any atom is 0.264 e. The highest BCUT2D eigenvalue weighted by molar-refractivity contribution is 14.1. The largest absolute Gasteiger partial charge is 0.490 e. The average Bonchev–Trinajstić information content (AvgIpc) is 3.14. The molecular formula is C26H22ClIN2O3S. The van der Waals surface area contributed by atoms with Gasteiger partial charge in [0.15, 0.2) is 16.7 Å². The lowest BCUT2D eigenvalue weighted by Crippen LogP contribution is -2.19. The minimum atomic E-state index is -0.205. The minimum absolute atomic E-state index is 0.205. The minimum Gasteiger partial charge on any atom is -0.490 e. The molecule has 0 atom stereocenters. The van der Waals surface area contributed by atoms with E-state index in [0.717, 1.165) is 25.9 Å². The number of hydrogen-bond donors (Lipinski definition) is 1. The fourth-order valence-electron chi connectivity index (χ4n) is 3.18. The second-order valence-electron chi connectivity index (χ2n) is 7.50. The topological polar surface area (TPSA) is 59.9 Å². The molecule has 0 aromatic heterocycles. The van der Waals surface area contributed by atoms with Crippen molar-refractivity contribution in [1.29, 1.82) is 0 Å².